The van der Waals surface area contributed by atoms with Crippen molar-refractivity contribution in [1.29, 1.82) is 0 Å². The van der Waals surface area contributed by atoms with E-state index in [-0.39, 0.29) is 32.9 Å². The van der Waals surface area contributed by atoms with Crippen molar-refractivity contribution < 1.29 is 19.1 Å². The standard InChI is InChI=1S/C32H50O4S2/c1-9-25(29(33)27-23(3)13-11-15-31(27,5)6)37-21-19-35-17-18-36-20-22-38-26(10-2)30(34)28-24(4)14-12-16-32(28,7)8/h11-14,25-26H,9-10,15-22H2,1-8H3. The fourth-order valence-electron chi connectivity index (χ4n) is 5.46. The first-order valence-corrected chi connectivity index (χ1v) is 16.3. The first-order chi connectivity index (χ1) is 18.0. The van der Waals surface area contributed by atoms with Crippen LogP contribution in [0.3, 0.4) is 0 Å². The molecule has 2 aliphatic rings. The van der Waals surface area contributed by atoms with Crippen LogP contribution in [0.25, 0.3) is 0 Å². The van der Waals surface area contributed by atoms with E-state index in [2.05, 4.69) is 79.7 Å². The Hall–Kier alpha value is -1.08. The highest BCUT2D eigenvalue weighted by Gasteiger charge is 2.35. The number of rotatable bonds is 17. The Bertz CT molecular complexity index is 863. The lowest BCUT2D eigenvalue weighted by Gasteiger charge is -2.32. The van der Waals surface area contributed by atoms with Gasteiger partial charge in [-0.1, -0.05) is 65.8 Å². The number of thioether (sulfide) groups is 2. The van der Waals surface area contributed by atoms with Crippen LogP contribution in [-0.2, 0) is 19.1 Å². The SMILES string of the molecule is CCC(SCCOCCOCCSC(CC)C(=O)C1=C(C)C=CCC1(C)C)C(=O)C1=C(C)C=CCC1(C)C. The van der Waals surface area contributed by atoms with Gasteiger partial charge in [0.1, 0.15) is 0 Å². The van der Waals surface area contributed by atoms with E-state index in [0.29, 0.717) is 26.4 Å². The maximum absolute atomic E-state index is 13.3. The van der Waals surface area contributed by atoms with Gasteiger partial charge in [-0.3, -0.25) is 9.59 Å². The second kappa shape index (κ2) is 15.6. The maximum atomic E-state index is 13.3. The molecule has 0 spiro atoms. The molecule has 2 unspecified atom stereocenters. The predicted molar refractivity (Wildman–Crippen MR) is 165 cm³/mol. The minimum Gasteiger partial charge on any atom is -0.378 e. The molecule has 0 aliphatic heterocycles. The monoisotopic (exact) mass is 562 g/mol. The lowest BCUT2D eigenvalue weighted by molar-refractivity contribution is -0.117. The number of hydrogen-bond donors (Lipinski definition) is 0. The van der Waals surface area contributed by atoms with Gasteiger partial charge in [0.05, 0.1) is 36.9 Å². The van der Waals surface area contributed by atoms with Crippen LogP contribution >= 0.6 is 23.5 Å². The molecule has 2 rings (SSSR count). The number of ether oxygens (including phenoxy) is 2. The highest BCUT2D eigenvalue weighted by Crippen LogP contribution is 2.40. The van der Waals surface area contributed by atoms with Crippen molar-refractivity contribution in [3.8, 4) is 0 Å². The average Bonchev–Trinajstić information content (AvgIpc) is 2.83. The van der Waals surface area contributed by atoms with Crippen LogP contribution in [0.2, 0.25) is 0 Å². The molecule has 0 fully saturated rings. The van der Waals surface area contributed by atoms with Crippen LogP contribution in [-0.4, -0.2) is 60.0 Å². The van der Waals surface area contributed by atoms with Gasteiger partial charge in [-0.05, 0) is 61.5 Å². The van der Waals surface area contributed by atoms with E-state index in [9.17, 15) is 9.59 Å². The quantitative estimate of drug-likeness (QED) is 0.169. The zero-order valence-corrected chi connectivity index (χ0v) is 26.6. The Labute approximate surface area is 240 Å². The Kier molecular flexibility index (Phi) is 13.6. The summed E-state index contributed by atoms with van der Waals surface area (Å²) in [5.41, 5.74) is 4.00. The summed E-state index contributed by atoms with van der Waals surface area (Å²) in [6.07, 6.45) is 12.0. The lowest BCUT2D eigenvalue weighted by atomic mass is 9.73. The topological polar surface area (TPSA) is 52.6 Å². The van der Waals surface area contributed by atoms with Crippen LogP contribution in [0.15, 0.2) is 46.6 Å². The summed E-state index contributed by atoms with van der Waals surface area (Å²) in [6.45, 7) is 19.3. The van der Waals surface area contributed by atoms with Crippen molar-refractivity contribution in [2.45, 2.75) is 91.6 Å². The zero-order chi connectivity index (χ0) is 28.3. The molecule has 0 amide bonds. The van der Waals surface area contributed by atoms with E-state index in [1.54, 1.807) is 23.5 Å². The molecule has 0 aromatic rings. The van der Waals surface area contributed by atoms with Gasteiger partial charge >= 0.3 is 0 Å². The molecular formula is C32H50O4S2. The number of hydrogen-bond acceptors (Lipinski definition) is 6. The summed E-state index contributed by atoms with van der Waals surface area (Å²) in [4.78, 5) is 26.5. The molecule has 2 aliphatic carbocycles. The molecule has 0 heterocycles. The Morgan fingerprint density at radius 2 is 1.11 bits per heavy atom. The van der Waals surface area contributed by atoms with Gasteiger partial charge < -0.3 is 9.47 Å². The predicted octanol–water partition coefficient (Wildman–Crippen LogP) is 7.79. The average molecular weight is 563 g/mol. The van der Waals surface area contributed by atoms with Crippen LogP contribution in [0.4, 0.5) is 0 Å². The first-order valence-electron chi connectivity index (χ1n) is 14.2. The highest BCUT2D eigenvalue weighted by atomic mass is 32.2. The van der Waals surface area contributed by atoms with Crippen LogP contribution in [0.5, 0.6) is 0 Å². The third kappa shape index (κ3) is 9.25. The third-order valence-electron chi connectivity index (χ3n) is 7.42. The molecule has 38 heavy (non-hydrogen) atoms. The molecule has 0 bridgehead atoms. The third-order valence-corrected chi connectivity index (χ3v) is 10.1. The summed E-state index contributed by atoms with van der Waals surface area (Å²) in [6, 6.07) is 0. The van der Waals surface area contributed by atoms with Crippen LogP contribution in [0, 0.1) is 10.8 Å². The van der Waals surface area contributed by atoms with E-state index >= 15 is 0 Å². The van der Waals surface area contributed by atoms with Gasteiger partial charge in [0, 0.05) is 22.7 Å². The fourth-order valence-corrected chi connectivity index (χ4v) is 7.46. The molecule has 0 saturated heterocycles. The van der Waals surface area contributed by atoms with E-state index < -0.39 is 0 Å². The molecule has 0 saturated carbocycles. The Balaban J connectivity index is 1.64. The lowest BCUT2D eigenvalue weighted by Crippen LogP contribution is -2.30. The molecule has 0 N–H and O–H groups in total. The van der Waals surface area contributed by atoms with Crippen molar-refractivity contribution in [1.82, 2.24) is 0 Å². The fraction of sp³-hybridized carbons (Fsp3) is 0.688. The van der Waals surface area contributed by atoms with Crippen molar-refractivity contribution in [2.24, 2.45) is 10.8 Å². The summed E-state index contributed by atoms with van der Waals surface area (Å²) in [5.74, 6) is 2.15. The molecule has 2 atom stereocenters. The van der Waals surface area contributed by atoms with E-state index in [0.717, 1.165) is 59.5 Å². The van der Waals surface area contributed by atoms with E-state index in [1.165, 1.54) is 0 Å². The summed E-state index contributed by atoms with van der Waals surface area (Å²) >= 11 is 3.40. The second-order valence-electron chi connectivity index (χ2n) is 11.6. The van der Waals surface area contributed by atoms with Crippen LogP contribution in [0.1, 0.15) is 81.1 Å². The highest BCUT2D eigenvalue weighted by molar-refractivity contribution is 8.00. The summed E-state index contributed by atoms with van der Waals surface area (Å²) in [7, 11) is 0. The molecule has 0 aromatic heterocycles. The number of allylic oxidation sites excluding steroid dienone is 8. The molecule has 214 valence electrons. The zero-order valence-electron chi connectivity index (χ0n) is 25.0. The molecule has 0 aromatic carbocycles. The minimum absolute atomic E-state index is 0.0217. The maximum Gasteiger partial charge on any atom is 0.172 e. The van der Waals surface area contributed by atoms with E-state index in [4.69, 9.17) is 9.47 Å². The van der Waals surface area contributed by atoms with Crippen molar-refractivity contribution in [3.05, 3.63) is 46.6 Å². The van der Waals surface area contributed by atoms with Gasteiger partial charge in [0.25, 0.3) is 0 Å². The smallest absolute Gasteiger partial charge is 0.172 e. The molecule has 0 radical (unpaired) electrons. The van der Waals surface area contributed by atoms with Gasteiger partial charge in [-0.15, -0.1) is 23.5 Å². The largest absolute Gasteiger partial charge is 0.378 e. The number of Topliss-reactive ketones (excluding diaryl/α,β-unsaturated/α-hetero) is 2. The Morgan fingerprint density at radius 1 is 0.737 bits per heavy atom. The van der Waals surface area contributed by atoms with Crippen molar-refractivity contribution in [2.75, 3.05) is 37.9 Å². The van der Waals surface area contributed by atoms with Crippen molar-refractivity contribution >= 4 is 35.1 Å². The summed E-state index contributed by atoms with van der Waals surface area (Å²) in [5, 5.41) is -0.0434. The van der Waals surface area contributed by atoms with Crippen LogP contribution < -0.4 is 0 Å². The molecular weight excluding hydrogens is 512 g/mol. The first kappa shape index (κ1) is 33.1. The van der Waals surface area contributed by atoms with Gasteiger partial charge in [0.15, 0.2) is 11.6 Å². The Morgan fingerprint density at radius 3 is 1.42 bits per heavy atom. The second-order valence-corrected chi connectivity index (χ2v) is 14.2. The van der Waals surface area contributed by atoms with E-state index in [1.807, 2.05) is 0 Å². The number of carbonyl (C=O) groups excluding carboxylic acids is 2. The van der Waals surface area contributed by atoms with Gasteiger partial charge in [0.2, 0.25) is 0 Å². The molecule has 4 nitrogen and oxygen atoms in total. The normalized spacial score (nSPS) is 20.1. The minimum atomic E-state index is -0.0967. The number of carbonyl (C=O) groups is 2. The summed E-state index contributed by atoms with van der Waals surface area (Å²) < 4.78 is 11.5. The number of ketones is 2. The van der Waals surface area contributed by atoms with Gasteiger partial charge in [-0.25, -0.2) is 0 Å². The van der Waals surface area contributed by atoms with Crippen molar-refractivity contribution in [3.63, 3.8) is 0 Å². The van der Waals surface area contributed by atoms with Gasteiger partial charge in [-0.2, -0.15) is 0 Å². The molecule has 6 heteroatoms.